The zero-order valence-corrected chi connectivity index (χ0v) is 35.8. The average molecular weight is 834 g/mol. The van der Waals surface area contributed by atoms with Gasteiger partial charge in [-0.05, 0) is 135 Å². The standard InChI is InChI=1S/C60H49N3O/c1-39-23-25-42(26-24-39)45-31-32-61-54(37-45)48-35-46(41-15-8-6-9-16-41)34-47(36-48)50-20-14-21-55-58(50)62-59(51-19-12-13-22-57(51)64)63(55)56-33-40(2)52(38-53(56)43-17-10-7-11-18-43)44-27-29-49(30-28-44)60(3,4)5/h6-38,64H,1-5H3/i1D3,2D3. The summed E-state index contributed by atoms with van der Waals surface area (Å²) in [6, 6.07) is 62.4. The van der Waals surface area contributed by atoms with Gasteiger partial charge in [-0.25, -0.2) is 4.98 Å². The first-order valence-corrected chi connectivity index (χ1v) is 21.4. The molecule has 0 spiro atoms. The molecule has 0 saturated carbocycles. The summed E-state index contributed by atoms with van der Waals surface area (Å²) >= 11 is 0. The number of hydrogen-bond acceptors (Lipinski definition) is 3. The van der Waals surface area contributed by atoms with Gasteiger partial charge in [0.1, 0.15) is 11.6 Å². The maximum absolute atomic E-state index is 11.6. The lowest BCUT2D eigenvalue weighted by atomic mass is 9.85. The third-order valence-corrected chi connectivity index (χ3v) is 12.0. The van der Waals surface area contributed by atoms with Crippen LogP contribution in [-0.4, -0.2) is 19.6 Å². The summed E-state index contributed by atoms with van der Waals surface area (Å²) in [6.07, 6.45) is 1.77. The summed E-state index contributed by atoms with van der Waals surface area (Å²) in [4.78, 5) is 10.3. The molecule has 0 atom stereocenters. The predicted octanol–water partition coefficient (Wildman–Crippen LogP) is 15.7. The second kappa shape index (κ2) is 16.5. The van der Waals surface area contributed by atoms with E-state index in [2.05, 4.69) is 63.2 Å². The molecule has 64 heavy (non-hydrogen) atoms. The molecule has 0 aliphatic carbocycles. The van der Waals surface area contributed by atoms with Gasteiger partial charge in [0.2, 0.25) is 0 Å². The van der Waals surface area contributed by atoms with Crippen molar-refractivity contribution in [1.29, 1.82) is 0 Å². The lowest BCUT2D eigenvalue weighted by Gasteiger charge is -2.21. The van der Waals surface area contributed by atoms with Crippen LogP contribution in [0.2, 0.25) is 0 Å². The van der Waals surface area contributed by atoms with Gasteiger partial charge in [-0.2, -0.15) is 0 Å². The first kappa shape index (κ1) is 33.8. The Morgan fingerprint density at radius 2 is 1.12 bits per heavy atom. The number of hydrogen-bond donors (Lipinski definition) is 1. The Balaban J connectivity index is 1.22. The number of imidazole rings is 1. The molecule has 0 unspecified atom stereocenters. The molecular formula is C60H49N3O. The highest BCUT2D eigenvalue weighted by Crippen LogP contribution is 2.43. The van der Waals surface area contributed by atoms with Crippen LogP contribution >= 0.6 is 0 Å². The van der Waals surface area contributed by atoms with Crippen molar-refractivity contribution in [2.45, 2.75) is 39.9 Å². The van der Waals surface area contributed by atoms with E-state index in [-0.39, 0.29) is 22.3 Å². The molecule has 0 fully saturated rings. The smallest absolute Gasteiger partial charge is 0.149 e. The van der Waals surface area contributed by atoms with Crippen molar-refractivity contribution in [2.75, 3.05) is 0 Å². The quantitative estimate of drug-likeness (QED) is 0.166. The van der Waals surface area contributed by atoms with Crippen molar-refractivity contribution in [3.8, 4) is 89.7 Å². The summed E-state index contributed by atoms with van der Waals surface area (Å²) in [5.41, 5.74) is 14.0. The van der Waals surface area contributed by atoms with Crippen LogP contribution in [0.1, 0.15) is 45.7 Å². The van der Waals surface area contributed by atoms with Crippen LogP contribution in [0.25, 0.3) is 95.0 Å². The molecule has 8 aromatic carbocycles. The maximum atomic E-state index is 11.6. The fourth-order valence-corrected chi connectivity index (χ4v) is 8.59. The highest BCUT2D eigenvalue weighted by molar-refractivity contribution is 5.99. The second-order valence-corrected chi connectivity index (χ2v) is 17.2. The number of aromatic nitrogens is 3. The number of benzene rings is 8. The molecule has 0 aliphatic heterocycles. The first-order valence-electron chi connectivity index (χ1n) is 24.4. The number of nitrogens with zero attached hydrogens (tertiary/aromatic N) is 3. The minimum Gasteiger partial charge on any atom is -0.507 e. The number of aryl methyl sites for hydroxylation is 2. The first-order chi connectivity index (χ1) is 33.5. The van der Waals surface area contributed by atoms with Crippen LogP contribution in [-0.2, 0) is 5.41 Å². The Hall–Kier alpha value is -7.82. The number of phenols is 1. The number of aromatic hydroxyl groups is 1. The highest BCUT2D eigenvalue weighted by Gasteiger charge is 2.24. The fourth-order valence-electron chi connectivity index (χ4n) is 8.59. The van der Waals surface area contributed by atoms with Crippen LogP contribution < -0.4 is 0 Å². The van der Waals surface area contributed by atoms with E-state index >= 15 is 0 Å². The molecule has 2 heterocycles. The molecule has 4 heteroatoms. The molecule has 10 aromatic rings. The summed E-state index contributed by atoms with van der Waals surface area (Å²) in [5, 5.41) is 11.6. The van der Waals surface area contributed by atoms with E-state index in [0.29, 0.717) is 33.7 Å². The third kappa shape index (κ3) is 7.69. The van der Waals surface area contributed by atoms with Crippen LogP contribution in [0, 0.1) is 13.7 Å². The Kier molecular flexibility index (Phi) is 8.69. The molecule has 10 rings (SSSR count). The van der Waals surface area contributed by atoms with Crippen LogP contribution in [0.5, 0.6) is 5.75 Å². The normalized spacial score (nSPS) is 13.4. The number of pyridine rings is 1. The van der Waals surface area contributed by atoms with Gasteiger partial charge < -0.3 is 5.11 Å². The van der Waals surface area contributed by atoms with Crippen molar-refractivity contribution >= 4 is 11.0 Å². The van der Waals surface area contributed by atoms with E-state index in [1.54, 1.807) is 36.5 Å². The topological polar surface area (TPSA) is 50.9 Å². The molecule has 0 amide bonds. The molecule has 310 valence electrons. The Labute approximate surface area is 384 Å². The van der Waals surface area contributed by atoms with Gasteiger partial charge in [0, 0.05) is 31.1 Å². The largest absolute Gasteiger partial charge is 0.507 e. The van der Waals surface area contributed by atoms with E-state index in [0.717, 1.165) is 66.9 Å². The Morgan fingerprint density at radius 3 is 1.84 bits per heavy atom. The van der Waals surface area contributed by atoms with Crippen LogP contribution in [0.3, 0.4) is 0 Å². The summed E-state index contributed by atoms with van der Waals surface area (Å²) < 4.78 is 52.5. The Morgan fingerprint density at radius 1 is 0.484 bits per heavy atom. The van der Waals surface area contributed by atoms with Gasteiger partial charge in [0.15, 0.2) is 0 Å². The van der Waals surface area contributed by atoms with Crippen molar-refractivity contribution in [2.24, 2.45) is 0 Å². The molecule has 4 nitrogen and oxygen atoms in total. The third-order valence-electron chi connectivity index (χ3n) is 12.0. The van der Waals surface area contributed by atoms with Gasteiger partial charge in [0.05, 0.1) is 28.0 Å². The highest BCUT2D eigenvalue weighted by atomic mass is 16.3. The Bertz CT molecular complexity index is 3540. The van der Waals surface area contributed by atoms with Crippen LogP contribution in [0.15, 0.2) is 200 Å². The SMILES string of the molecule is [2H]C([2H])([2H])c1ccc(-c2ccnc(-c3cc(-c4ccccc4)cc(-c4cccc5c4nc(-c4ccccc4O)n5-c4cc(C([2H])([2H])[2H])c(-c5ccc(C(C)(C)C)cc5)cc4-c4ccccc4)c3)c2)cc1. The summed E-state index contributed by atoms with van der Waals surface area (Å²) in [5.74, 6) is 0.468. The average Bonchev–Trinajstić information content (AvgIpc) is 3.75. The summed E-state index contributed by atoms with van der Waals surface area (Å²) in [7, 11) is 0. The fraction of sp³-hybridized carbons (Fsp3) is 0.100. The van der Waals surface area contributed by atoms with Crippen molar-refractivity contribution in [3.63, 3.8) is 0 Å². The van der Waals surface area contributed by atoms with Gasteiger partial charge in [0.25, 0.3) is 0 Å². The minimum absolute atomic E-state index is 0.0285. The molecular weight excluding hydrogens is 779 g/mol. The molecule has 0 aliphatic rings. The number of phenolic OH excluding ortho intramolecular Hbond substituents is 1. The van der Waals surface area contributed by atoms with Gasteiger partial charge >= 0.3 is 0 Å². The monoisotopic (exact) mass is 833 g/mol. The molecule has 0 radical (unpaired) electrons. The summed E-state index contributed by atoms with van der Waals surface area (Å²) in [6.45, 7) is 1.77. The van der Waals surface area contributed by atoms with E-state index in [1.165, 1.54) is 0 Å². The van der Waals surface area contributed by atoms with Crippen LogP contribution in [0.4, 0.5) is 0 Å². The van der Waals surface area contributed by atoms with Crippen molar-refractivity contribution < 1.29 is 13.3 Å². The van der Waals surface area contributed by atoms with E-state index < -0.39 is 13.7 Å². The lowest BCUT2D eigenvalue weighted by Crippen LogP contribution is -2.10. The van der Waals surface area contributed by atoms with E-state index in [4.69, 9.17) is 18.2 Å². The molecule has 0 saturated heterocycles. The predicted molar refractivity (Wildman–Crippen MR) is 267 cm³/mol. The van der Waals surface area contributed by atoms with Crippen molar-refractivity contribution in [3.05, 3.63) is 217 Å². The zero-order valence-electron chi connectivity index (χ0n) is 41.8. The molecule has 1 N–H and O–H groups in total. The van der Waals surface area contributed by atoms with Gasteiger partial charge in [-0.3, -0.25) is 9.55 Å². The maximum Gasteiger partial charge on any atom is 0.149 e. The van der Waals surface area contributed by atoms with Gasteiger partial charge in [-0.1, -0.05) is 160 Å². The van der Waals surface area contributed by atoms with E-state index in [9.17, 15) is 5.11 Å². The minimum atomic E-state index is -2.50. The lowest BCUT2D eigenvalue weighted by molar-refractivity contribution is 0.477. The zero-order chi connectivity index (χ0) is 49.0. The number of rotatable bonds is 8. The number of para-hydroxylation sites is 2. The van der Waals surface area contributed by atoms with Crippen molar-refractivity contribution in [1.82, 2.24) is 14.5 Å². The van der Waals surface area contributed by atoms with Gasteiger partial charge in [-0.15, -0.1) is 0 Å². The molecule has 0 bridgehead atoms. The molecule has 2 aromatic heterocycles. The number of fused-ring (bicyclic) bond motifs is 1. The van der Waals surface area contributed by atoms with E-state index in [1.807, 2.05) is 126 Å². The second-order valence-electron chi connectivity index (χ2n) is 17.2.